The molecule has 0 radical (unpaired) electrons. The zero-order chi connectivity index (χ0) is 22.4. The quantitative estimate of drug-likeness (QED) is 0.487. The summed E-state index contributed by atoms with van der Waals surface area (Å²) in [4.78, 5) is 28.7. The van der Waals surface area contributed by atoms with Gasteiger partial charge in [0.2, 0.25) is 5.91 Å². The van der Waals surface area contributed by atoms with Gasteiger partial charge < -0.3 is 15.5 Å². The maximum Gasteiger partial charge on any atom is 0.261 e. The molecule has 5 nitrogen and oxygen atoms in total. The lowest BCUT2D eigenvalue weighted by Crippen LogP contribution is -2.57. The van der Waals surface area contributed by atoms with Crippen molar-refractivity contribution in [2.45, 2.75) is 38.1 Å². The molecule has 0 unspecified atom stereocenters. The molecule has 4 aliphatic rings. The molecular formula is C27H30ClN3O2S. The van der Waals surface area contributed by atoms with Crippen LogP contribution in [0.3, 0.4) is 0 Å². The largest absolute Gasteiger partial charge is 0.347 e. The third-order valence-corrected chi connectivity index (χ3v) is 8.84. The van der Waals surface area contributed by atoms with E-state index in [0.29, 0.717) is 5.92 Å². The van der Waals surface area contributed by atoms with Crippen molar-refractivity contribution in [2.75, 3.05) is 25.0 Å². The Morgan fingerprint density at radius 2 is 1.76 bits per heavy atom. The van der Waals surface area contributed by atoms with Gasteiger partial charge in [0, 0.05) is 28.9 Å². The second-order valence-corrected chi connectivity index (χ2v) is 10.8. The van der Waals surface area contributed by atoms with Crippen LogP contribution in [-0.2, 0) is 4.79 Å². The van der Waals surface area contributed by atoms with Crippen molar-refractivity contribution in [3.8, 4) is 11.1 Å². The normalized spacial score (nSPS) is 23.7. The van der Waals surface area contributed by atoms with Crippen LogP contribution < -0.4 is 10.6 Å². The predicted molar refractivity (Wildman–Crippen MR) is 141 cm³/mol. The van der Waals surface area contributed by atoms with E-state index in [2.05, 4.69) is 33.7 Å². The Morgan fingerprint density at radius 3 is 2.47 bits per heavy atom. The Balaban J connectivity index is 0.00000241. The lowest BCUT2D eigenvalue weighted by molar-refractivity contribution is -0.122. The molecule has 2 bridgehead atoms. The number of amides is 2. The first-order valence-electron chi connectivity index (χ1n) is 12.1. The van der Waals surface area contributed by atoms with Crippen LogP contribution in [0.15, 0.2) is 48.5 Å². The molecular weight excluding hydrogens is 466 g/mol. The number of fused-ring (bicyclic) bond motifs is 4. The Kier molecular flexibility index (Phi) is 6.65. The number of carbonyl (C=O) groups excluding carboxylic acids is 2. The number of nitrogens with zero attached hydrogens (tertiary/aromatic N) is 1. The van der Waals surface area contributed by atoms with Crippen LogP contribution in [0.1, 0.15) is 41.8 Å². The Labute approximate surface area is 210 Å². The third-order valence-electron chi connectivity index (χ3n) is 7.66. The summed E-state index contributed by atoms with van der Waals surface area (Å²) in [6.07, 6.45) is 5.51. The number of nitrogens with one attached hydrogen (secondary N) is 2. The summed E-state index contributed by atoms with van der Waals surface area (Å²) >= 11 is 1.56. The maximum atomic E-state index is 13.1. The first-order chi connectivity index (χ1) is 16.1. The van der Waals surface area contributed by atoms with E-state index in [4.69, 9.17) is 0 Å². The average molecular weight is 496 g/mol. The molecule has 1 aliphatic carbocycles. The number of hydrogen-bond acceptors (Lipinski definition) is 4. The highest BCUT2D eigenvalue weighted by atomic mass is 35.5. The minimum Gasteiger partial charge on any atom is -0.347 e. The van der Waals surface area contributed by atoms with Crippen molar-refractivity contribution in [1.82, 2.24) is 10.2 Å². The smallest absolute Gasteiger partial charge is 0.261 e. The standard InChI is InChI=1S/C27H29N3O2S.ClH/c31-26(18-4-1-5-18)28-21-8-2-6-19(14-21)22-9-3-7-20-15-24(33-25(20)22)27(32)29-23-16-30-12-10-17(23)11-13-30;/h2-3,6-9,14-15,17-18,23H,1,4-5,10-13,16H2,(H,28,31)(H,29,32);1H/t23-;/m0./s1. The predicted octanol–water partition coefficient (Wildman–Crippen LogP) is 5.55. The molecule has 7 rings (SSSR count). The number of carbonyl (C=O) groups is 2. The number of anilines is 1. The summed E-state index contributed by atoms with van der Waals surface area (Å²) in [5.41, 5.74) is 2.98. The number of thiophene rings is 1. The molecule has 4 fully saturated rings. The average Bonchev–Trinajstić information content (AvgIpc) is 3.23. The molecule has 3 aromatic rings. The SMILES string of the molecule is Cl.O=C(N[C@H]1CN2CCC1CC2)c1cc2cccc(-c3cccc(NC(=O)C4CCC4)c3)c2s1. The van der Waals surface area contributed by atoms with E-state index in [1.54, 1.807) is 11.3 Å². The maximum absolute atomic E-state index is 13.1. The summed E-state index contributed by atoms with van der Waals surface area (Å²) in [7, 11) is 0. The van der Waals surface area contributed by atoms with E-state index >= 15 is 0 Å². The van der Waals surface area contributed by atoms with E-state index in [9.17, 15) is 9.59 Å². The Hall–Kier alpha value is -2.41. The van der Waals surface area contributed by atoms with Crippen molar-refractivity contribution in [3.05, 3.63) is 53.4 Å². The number of halogens is 1. The van der Waals surface area contributed by atoms with E-state index < -0.39 is 0 Å². The molecule has 0 spiro atoms. The molecule has 3 aliphatic heterocycles. The van der Waals surface area contributed by atoms with Crippen LogP contribution in [0.2, 0.25) is 0 Å². The van der Waals surface area contributed by atoms with Gasteiger partial charge in [-0.05, 0) is 79.4 Å². The number of piperidine rings is 3. The molecule has 2 N–H and O–H groups in total. The number of hydrogen-bond donors (Lipinski definition) is 2. The molecule has 2 amide bonds. The van der Waals surface area contributed by atoms with Crippen LogP contribution in [0.4, 0.5) is 5.69 Å². The van der Waals surface area contributed by atoms with Crippen LogP contribution in [0.5, 0.6) is 0 Å². The van der Waals surface area contributed by atoms with Crippen molar-refractivity contribution in [2.24, 2.45) is 11.8 Å². The minimum absolute atomic E-state index is 0. The summed E-state index contributed by atoms with van der Waals surface area (Å²) in [5.74, 6) is 0.940. The van der Waals surface area contributed by atoms with Gasteiger partial charge in [0.25, 0.3) is 5.91 Å². The van der Waals surface area contributed by atoms with Gasteiger partial charge in [0.05, 0.1) is 4.88 Å². The summed E-state index contributed by atoms with van der Waals surface area (Å²) in [5, 5.41) is 7.49. The zero-order valence-electron chi connectivity index (χ0n) is 19.1. The van der Waals surface area contributed by atoms with Gasteiger partial charge in [-0.2, -0.15) is 0 Å². The van der Waals surface area contributed by atoms with Crippen LogP contribution in [-0.4, -0.2) is 42.4 Å². The van der Waals surface area contributed by atoms with Gasteiger partial charge in [-0.25, -0.2) is 0 Å². The lowest BCUT2D eigenvalue weighted by Gasteiger charge is -2.44. The fourth-order valence-corrected chi connectivity index (χ4v) is 6.55. The summed E-state index contributed by atoms with van der Waals surface area (Å²) in [6, 6.07) is 16.5. The first-order valence-corrected chi connectivity index (χ1v) is 12.9. The van der Waals surface area contributed by atoms with Gasteiger partial charge >= 0.3 is 0 Å². The highest BCUT2D eigenvalue weighted by molar-refractivity contribution is 7.21. The van der Waals surface area contributed by atoms with Gasteiger partial charge in [-0.3, -0.25) is 9.59 Å². The first kappa shape index (κ1) is 23.3. The fraction of sp³-hybridized carbons (Fsp3) is 0.407. The fourth-order valence-electron chi connectivity index (χ4n) is 5.45. The molecule has 7 heteroatoms. The summed E-state index contributed by atoms with van der Waals surface area (Å²) in [6.45, 7) is 3.32. The van der Waals surface area contributed by atoms with Gasteiger partial charge in [0.1, 0.15) is 0 Å². The van der Waals surface area contributed by atoms with Crippen LogP contribution >= 0.6 is 23.7 Å². The topological polar surface area (TPSA) is 61.4 Å². The molecule has 2 aromatic carbocycles. The minimum atomic E-state index is 0. The van der Waals surface area contributed by atoms with Crippen molar-refractivity contribution < 1.29 is 9.59 Å². The van der Waals surface area contributed by atoms with Crippen LogP contribution in [0.25, 0.3) is 21.2 Å². The van der Waals surface area contributed by atoms with Gasteiger partial charge in [-0.15, -0.1) is 23.7 Å². The van der Waals surface area contributed by atoms with Crippen molar-refractivity contribution in [1.29, 1.82) is 0 Å². The molecule has 34 heavy (non-hydrogen) atoms. The second-order valence-electron chi connectivity index (χ2n) is 9.75. The molecule has 1 saturated carbocycles. The molecule has 3 saturated heterocycles. The molecule has 4 heterocycles. The molecule has 1 atom stereocenters. The second kappa shape index (κ2) is 9.68. The van der Waals surface area contributed by atoms with Gasteiger partial charge in [-0.1, -0.05) is 36.8 Å². The van der Waals surface area contributed by atoms with E-state index in [-0.39, 0.29) is 36.2 Å². The zero-order valence-corrected chi connectivity index (χ0v) is 20.7. The van der Waals surface area contributed by atoms with E-state index in [1.807, 2.05) is 30.3 Å². The number of benzene rings is 2. The molecule has 1 aromatic heterocycles. The van der Waals surface area contributed by atoms with Crippen LogP contribution in [0, 0.1) is 11.8 Å². The van der Waals surface area contributed by atoms with Crippen molar-refractivity contribution >= 4 is 51.3 Å². The van der Waals surface area contributed by atoms with Crippen molar-refractivity contribution in [3.63, 3.8) is 0 Å². The van der Waals surface area contributed by atoms with E-state index in [0.717, 1.165) is 57.6 Å². The number of rotatable bonds is 5. The Morgan fingerprint density at radius 1 is 0.971 bits per heavy atom. The highest BCUT2D eigenvalue weighted by Gasteiger charge is 2.35. The lowest BCUT2D eigenvalue weighted by atomic mass is 9.84. The Bertz CT molecular complexity index is 1210. The van der Waals surface area contributed by atoms with E-state index in [1.165, 1.54) is 25.9 Å². The van der Waals surface area contributed by atoms with Gasteiger partial charge in [0.15, 0.2) is 0 Å². The molecule has 178 valence electrons. The highest BCUT2D eigenvalue weighted by Crippen LogP contribution is 2.36. The summed E-state index contributed by atoms with van der Waals surface area (Å²) < 4.78 is 1.11. The third kappa shape index (κ3) is 4.47. The monoisotopic (exact) mass is 495 g/mol.